The highest BCUT2D eigenvalue weighted by molar-refractivity contribution is 5.88. The lowest BCUT2D eigenvalue weighted by Crippen LogP contribution is -2.44. The zero-order chi connectivity index (χ0) is 15.7. The third kappa shape index (κ3) is 1.28. The summed E-state index contributed by atoms with van der Waals surface area (Å²) in [7, 11) is 0. The SMILES string of the molecule is C1=CC2=Cc3ccccc3N3c4ccc5c(c4=NC23C=C1)=NN=C5. The van der Waals surface area contributed by atoms with Crippen LogP contribution >= 0.6 is 0 Å². The summed E-state index contributed by atoms with van der Waals surface area (Å²) < 4.78 is 0. The van der Waals surface area contributed by atoms with Crippen LogP contribution in [0.25, 0.3) is 6.08 Å². The minimum Gasteiger partial charge on any atom is -0.306 e. The molecule has 4 nitrogen and oxygen atoms in total. The predicted molar refractivity (Wildman–Crippen MR) is 93.9 cm³/mol. The van der Waals surface area contributed by atoms with Crippen molar-refractivity contribution < 1.29 is 0 Å². The van der Waals surface area contributed by atoms with Crippen LogP contribution in [0.4, 0.5) is 11.4 Å². The van der Waals surface area contributed by atoms with Gasteiger partial charge < -0.3 is 4.90 Å². The summed E-state index contributed by atoms with van der Waals surface area (Å²) in [5.41, 5.74) is 5.15. The van der Waals surface area contributed by atoms with Crippen molar-refractivity contribution in [3.05, 3.63) is 88.1 Å². The van der Waals surface area contributed by atoms with E-state index in [1.54, 1.807) is 6.21 Å². The van der Waals surface area contributed by atoms with E-state index in [1.807, 2.05) is 0 Å². The molecule has 4 aliphatic rings. The molecule has 0 bridgehead atoms. The van der Waals surface area contributed by atoms with Gasteiger partial charge >= 0.3 is 0 Å². The van der Waals surface area contributed by atoms with Gasteiger partial charge in [-0.05, 0) is 35.9 Å². The molecule has 0 saturated carbocycles. The van der Waals surface area contributed by atoms with Crippen molar-refractivity contribution in [2.24, 2.45) is 15.2 Å². The van der Waals surface area contributed by atoms with Crippen molar-refractivity contribution in [3.8, 4) is 0 Å². The fraction of sp³-hybridized carbons (Fsp3) is 0.0500. The minimum absolute atomic E-state index is 0.515. The van der Waals surface area contributed by atoms with E-state index in [9.17, 15) is 0 Å². The number of fused-ring (bicyclic) bond motifs is 6. The van der Waals surface area contributed by atoms with Crippen LogP contribution in [0, 0.1) is 0 Å². The maximum Gasteiger partial charge on any atom is 0.182 e. The molecule has 0 N–H and O–H groups in total. The smallest absolute Gasteiger partial charge is 0.182 e. The molecular weight excluding hydrogens is 296 g/mol. The quantitative estimate of drug-likeness (QED) is 0.737. The largest absolute Gasteiger partial charge is 0.306 e. The van der Waals surface area contributed by atoms with Crippen molar-refractivity contribution in [3.63, 3.8) is 0 Å². The Balaban J connectivity index is 1.78. The highest BCUT2D eigenvalue weighted by atomic mass is 15.3. The average Bonchev–Trinajstić information content (AvgIpc) is 3.21. The molecule has 0 radical (unpaired) electrons. The topological polar surface area (TPSA) is 40.3 Å². The van der Waals surface area contributed by atoms with Crippen LogP contribution in [-0.2, 0) is 0 Å². The van der Waals surface area contributed by atoms with Crippen molar-refractivity contribution in [1.29, 1.82) is 0 Å². The van der Waals surface area contributed by atoms with Crippen LogP contribution in [-0.4, -0.2) is 11.9 Å². The lowest BCUT2D eigenvalue weighted by molar-refractivity contribution is 0.649. The summed E-state index contributed by atoms with van der Waals surface area (Å²) in [6, 6.07) is 12.7. The summed E-state index contributed by atoms with van der Waals surface area (Å²) in [6.07, 6.45) is 12.5. The van der Waals surface area contributed by atoms with Gasteiger partial charge in [0.25, 0.3) is 0 Å². The molecule has 0 amide bonds. The second-order valence-corrected chi connectivity index (χ2v) is 6.27. The maximum atomic E-state index is 5.14. The van der Waals surface area contributed by atoms with E-state index in [-0.39, 0.29) is 0 Å². The fourth-order valence-electron chi connectivity index (χ4n) is 3.96. The molecule has 1 aliphatic carbocycles. The van der Waals surface area contributed by atoms with E-state index >= 15 is 0 Å². The Labute approximate surface area is 138 Å². The Hall–Kier alpha value is -3.27. The molecule has 2 aromatic rings. The summed E-state index contributed by atoms with van der Waals surface area (Å²) >= 11 is 0. The number of allylic oxidation sites excluding steroid dienone is 2. The first-order valence-corrected chi connectivity index (χ1v) is 7.98. The number of rotatable bonds is 0. The van der Waals surface area contributed by atoms with E-state index in [2.05, 4.69) is 81.9 Å². The second-order valence-electron chi connectivity index (χ2n) is 6.27. The molecule has 1 atom stereocenters. The zero-order valence-corrected chi connectivity index (χ0v) is 12.7. The van der Waals surface area contributed by atoms with Gasteiger partial charge in [-0.15, -0.1) is 5.10 Å². The normalized spacial score (nSPS) is 23.5. The fourth-order valence-corrected chi connectivity index (χ4v) is 3.96. The van der Waals surface area contributed by atoms with Crippen molar-refractivity contribution in [1.82, 2.24) is 0 Å². The molecule has 0 fully saturated rings. The summed E-state index contributed by atoms with van der Waals surface area (Å²) in [6.45, 7) is 0. The molecule has 112 valence electrons. The average molecular weight is 308 g/mol. The molecule has 24 heavy (non-hydrogen) atoms. The van der Waals surface area contributed by atoms with Gasteiger partial charge in [0, 0.05) is 11.1 Å². The standard InChI is InChI=1S/C20H12N4/c1-2-7-16-13(5-1)11-15-6-3-4-10-20(15)22-19-17(24(16)20)9-8-14-12-21-23-18(14)19/h1-12H. The summed E-state index contributed by atoms with van der Waals surface area (Å²) in [4.78, 5) is 7.46. The number of nitrogens with zero attached hydrogens (tertiary/aromatic N) is 4. The Bertz CT molecular complexity index is 1170. The van der Waals surface area contributed by atoms with E-state index in [0.717, 1.165) is 22.0 Å². The first kappa shape index (κ1) is 12.2. The van der Waals surface area contributed by atoms with Crippen molar-refractivity contribution in [2.45, 2.75) is 5.66 Å². The van der Waals surface area contributed by atoms with Crippen LogP contribution in [0.5, 0.6) is 0 Å². The van der Waals surface area contributed by atoms with Gasteiger partial charge in [-0.3, -0.25) is 0 Å². The van der Waals surface area contributed by atoms with Crippen LogP contribution in [0.1, 0.15) is 11.1 Å². The van der Waals surface area contributed by atoms with Crippen molar-refractivity contribution in [2.75, 3.05) is 4.90 Å². The van der Waals surface area contributed by atoms with Crippen LogP contribution in [0.15, 0.2) is 81.5 Å². The molecular formula is C20H12N4. The van der Waals surface area contributed by atoms with Gasteiger partial charge in [0.15, 0.2) is 5.66 Å². The molecule has 1 spiro atoms. The number of anilines is 2. The monoisotopic (exact) mass is 308 g/mol. The minimum atomic E-state index is -0.515. The van der Waals surface area contributed by atoms with Crippen LogP contribution in [0.2, 0.25) is 0 Å². The first-order chi connectivity index (χ1) is 11.9. The van der Waals surface area contributed by atoms with Gasteiger partial charge in [0.05, 0.1) is 17.6 Å². The Kier molecular flexibility index (Phi) is 2.02. The number of benzene rings is 2. The van der Waals surface area contributed by atoms with E-state index < -0.39 is 5.66 Å². The van der Waals surface area contributed by atoms with E-state index in [0.29, 0.717) is 0 Å². The van der Waals surface area contributed by atoms with Gasteiger partial charge in [-0.25, -0.2) is 4.99 Å². The van der Waals surface area contributed by atoms with E-state index in [4.69, 9.17) is 4.99 Å². The molecule has 2 aromatic carbocycles. The van der Waals surface area contributed by atoms with Crippen LogP contribution in [0.3, 0.4) is 0 Å². The molecule has 3 heterocycles. The molecule has 6 rings (SSSR count). The first-order valence-electron chi connectivity index (χ1n) is 7.98. The van der Waals surface area contributed by atoms with Gasteiger partial charge in [-0.1, -0.05) is 36.4 Å². The Morgan fingerprint density at radius 3 is 2.83 bits per heavy atom. The molecule has 3 aliphatic heterocycles. The highest BCUT2D eigenvalue weighted by Gasteiger charge is 2.46. The number of hydrogen-bond acceptors (Lipinski definition) is 4. The van der Waals surface area contributed by atoms with Crippen molar-refractivity contribution >= 4 is 23.7 Å². The third-order valence-electron chi connectivity index (χ3n) is 5.01. The zero-order valence-electron chi connectivity index (χ0n) is 12.7. The summed E-state index contributed by atoms with van der Waals surface area (Å²) in [5.74, 6) is 0. The predicted octanol–water partition coefficient (Wildman–Crippen LogP) is 2.64. The van der Waals surface area contributed by atoms with Gasteiger partial charge in [0.2, 0.25) is 0 Å². The molecule has 1 unspecified atom stereocenters. The highest BCUT2D eigenvalue weighted by Crippen LogP contribution is 2.48. The maximum absolute atomic E-state index is 5.14. The molecule has 0 aromatic heterocycles. The lowest BCUT2D eigenvalue weighted by atomic mass is 9.87. The van der Waals surface area contributed by atoms with Gasteiger partial charge in [-0.2, -0.15) is 5.10 Å². The van der Waals surface area contributed by atoms with E-state index in [1.165, 1.54) is 16.8 Å². The third-order valence-corrected chi connectivity index (χ3v) is 5.01. The lowest BCUT2D eigenvalue weighted by Gasteiger charge is -2.42. The summed E-state index contributed by atoms with van der Waals surface area (Å²) in [5, 5.41) is 10.2. The number of para-hydroxylation sites is 1. The Morgan fingerprint density at radius 2 is 1.83 bits per heavy atom. The Morgan fingerprint density at radius 1 is 0.875 bits per heavy atom. The second kappa shape index (κ2) is 3.97. The van der Waals surface area contributed by atoms with Gasteiger partial charge in [0.1, 0.15) is 10.7 Å². The number of hydrogen-bond donors (Lipinski definition) is 0. The van der Waals surface area contributed by atoms with Crippen LogP contribution < -0.4 is 15.6 Å². The molecule has 0 saturated heterocycles. The molecule has 4 heteroatoms.